The Kier molecular flexibility index (Phi) is 5.98. The molecule has 134 valence electrons. The van der Waals surface area contributed by atoms with E-state index in [4.69, 9.17) is 16.9 Å². The van der Waals surface area contributed by atoms with E-state index in [2.05, 4.69) is 16.3 Å². The van der Waals surface area contributed by atoms with Crippen molar-refractivity contribution in [1.82, 2.24) is 10.2 Å². The van der Waals surface area contributed by atoms with Gasteiger partial charge in [0, 0.05) is 43.4 Å². The highest BCUT2D eigenvalue weighted by Crippen LogP contribution is 2.17. The highest BCUT2D eigenvalue weighted by atomic mass is 35.5. The van der Waals surface area contributed by atoms with Gasteiger partial charge in [0.15, 0.2) is 0 Å². The van der Waals surface area contributed by atoms with Gasteiger partial charge in [-0.3, -0.25) is 0 Å². The molecular formula is C20H21ClN4O. The summed E-state index contributed by atoms with van der Waals surface area (Å²) in [6.07, 6.45) is 0.786. The van der Waals surface area contributed by atoms with Crippen LogP contribution in [-0.2, 0) is 6.42 Å². The van der Waals surface area contributed by atoms with Crippen molar-refractivity contribution in [2.45, 2.75) is 6.42 Å². The maximum Gasteiger partial charge on any atom is 0.317 e. The van der Waals surface area contributed by atoms with Gasteiger partial charge in [-0.25, -0.2) is 4.79 Å². The third-order valence-electron chi connectivity index (χ3n) is 4.53. The van der Waals surface area contributed by atoms with Crippen molar-refractivity contribution in [2.75, 3.05) is 37.6 Å². The number of carbonyl (C=O) groups is 1. The molecule has 0 saturated carbocycles. The SMILES string of the molecule is N#Cc1ccc(N2CCN(C(=O)NCCc3ccc(Cl)cc3)CC2)cc1. The molecule has 1 aliphatic rings. The highest BCUT2D eigenvalue weighted by molar-refractivity contribution is 6.30. The van der Waals surface area contributed by atoms with Crippen molar-refractivity contribution < 1.29 is 4.79 Å². The number of piperazine rings is 1. The summed E-state index contributed by atoms with van der Waals surface area (Å²) in [5, 5.41) is 12.6. The number of nitriles is 1. The van der Waals surface area contributed by atoms with Crippen LogP contribution in [0, 0.1) is 11.3 Å². The number of urea groups is 1. The van der Waals surface area contributed by atoms with Gasteiger partial charge in [0.2, 0.25) is 0 Å². The molecule has 26 heavy (non-hydrogen) atoms. The van der Waals surface area contributed by atoms with Crippen LogP contribution in [0.3, 0.4) is 0 Å². The number of benzene rings is 2. The predicted octanol–water partition coefficient (Wildman–Crippen LogP) is 3.29. The smallest absolute Gasteiger partial charge is 0.317 e. The fraction of sp³-hybridized carbons (Fsp3) is 0.300. The molecule has 0 unspecified atom stereocenters. The zero-order chi connectivity index (χ0) is 18.4. The summed E-state index contributed by atoms with van der Waals surface area (Å²) < 4.78 is 0. The Hall–Kier alpha value is -2.71. The molecule has 0 aliphatic carbocycles. The van der Waals surface area contributed by atoms with Gasteiger partial charge >= 0.3 is 6.03 Å². The van der Waals surface area contributed by atoms with Gasteiger partial charge < -0.3 is 15.1 Å². The summed E-state index contributed by atoms with van der Waals surface area (Å²) in [4.78, 5) is 16.4. The minimum absolute atomic E-state index is 0.0153. The Morgan fingerprint density at radius 1 is 1.04 bits per heavy atom. The zero-order valence-corrected chi connectivity index (χ0v) is 15.2. The van der Waals surface area contributed by atoms with E-state index in [1.54, 1.807) is 0 Å². The summed E-state index contributed by atoms with van der Waals surface area (Å²) in [6.45, 7) is 3.56. The maximum absolute atomic E-state index is 12.3. The van der Waals surface area contributed by atoms with E-state index in [1.807, 2.05) is 53.4 Å². The summed E-state index contributed by atoms with van der Waals surface area (Å²) in [5.41, 5.74) is 2.90. The standard InChI is InChI=1S/C20H21ClN4O/c21-18-5-1-16(2-6-18)9-10-23-20(26)25-13-11-24(12-14-25)19-7-3-17(15-22)4-8-19/h1-8H,9-14H2,(H,23,26). The van der Waals surface area contributed by atoms with Gasteiger partial charge in [-0.15, -0.1) is 0 Å². The lowest BCUT2D eigenvalue weighted by Crippen LogP contribution is -2.52. The third kappa shape index (κ3) is 4.68. The molecule has 1 N–H and O–H groups in total. The van der Waals surface area contributed by atoms with Gasteiger partial charge in [-0.05, 0) is 48.4 Å². The molecule has 0 radical (unpaired) electrons. The van der Waals surface area contributed by atoms with Gasteiger partial charge in [0.25, 0.3) is 0 Å². The molecule has 1 saturated heterocycles. The monoisotopic (exact) mass is 368 g/mol. The van der Waals surface area contributed by atoms with E-state index >= 15 is 0 Å². The second-order valence-corrected chi connectivity index (χ2v) is 6.68. The number of nitrogens with zero attached hydrogens (tertiary/aromatic N) is 3. The Bertz CT molecular complexity index is 775. The van der Waals surface area contributed by atoms with Crippen molar-refractivity contribution in [3.8, 4) is 6.07 Å². The van der Waals surface area contributed by atoms with Crippen LogP contribution in [0.4, 0.5) is 10.5 Å². The Morgan fingerprint density at radius 2 is 1.69 bits per heavy atom. The molecule has 3 rings (SSSR count). The first-order chi connectivity index (χ1) is 12.7. The molecule has 0 spiro atoms. The van der Waals surface area contributed by atoms with Crippen molar-refractivity contribution in [1.29, 1.82) is 5.26 Å². The first kappa shape index (κ1) is 18.1. The summed E-state index contributed by atoms with van der Waals surface area (Å²) in [5.74, 6) is 0. The van der Waals surface area contributed by atoms with Gasteiger partial charge in [-0.1, -0.05) is 23.7 Å². The van der Waals surface area contributed by atoms with Gasteiger partial charge in [0.05, 0.1) is 11.6 Å². The van der Waals surface area contributed by atoms with Crippen LogP contribution in [0.25, 0.3) is 0 Å². The van der Waals surface area contributed by atoms with Crippen LogP contribution >= 0.6 is 11.6 Å². The quantitative estimate of drug-likeness (QED) is 0.900. The number of nitrogens with one attached hydrogen (secondary N) is 1. The van der Waals surface area contributed by atoms with Crippen LogP contribution in [0.15, 0.2) is 48.5 Å². The number of hydrogen-bond donors (Lipinski definition) is 1. The minimum atomic E-state index is -0.0153. The molecule has 2 amide bonds. The van der Waals surface area contributed by atoms with Crippen LogP contribution < -0.4 is 10.2 Å². The molecule has 0 aromatic heterocycles. The van der Waals surface area contributed by atoms with Crippen molar-refractivity contribution in [3.05, 3.63) is 64.7 Å². The Morgan fingerprint density at radius 3 is 2.31 bits per heavy atom. The van der Waals surface area contributed by atoms with E-state index in [-0.39, 0.29) is 6.03 Å². The lowest BCUT2D eigenvalue weighted by atomic mass is 10.1. The summed E-state index contributed by atoms with van der Waals surface area (Å²) >= 11 is 5.87. The molecule has 1 fully saturated rings. The Labute approximate surface area is 158 Å². The number of carbonyl (C=O) groups excluding carboxylic acids is 1. The van der Waals surface area contributed by atoms with Crippen LogP contribution in [0.5, 0.6) is 0 Å². The number of hydrogen-bond acceptors (Lipinski definition) is 3. The number of anilines is 1. The van der Waals surface area contributed by atoms with Crippen molar-refractivity contribution in [2.24, 2.45) is 0 Å². The molecule has 1 aliphatic heterocycles. The van der Waals surface area contributed by atoms with Crippen molar-refractivity contribution >= 4 is 23.3 Å². The normalized spacial score (nSPS) is 14.0. The first-order valence-electron chi connectivity index (χ1n) is 8.68. The molecule has 2 aromatic carbocycles. The molecule has 6 heteroatoms. The molecule has 0 bridgehead atoms. The predicted molar refractivity (Wildman–Crippen MR) is 103 cm³/mol. The minimum Gasteiger partial charge on any atom is -0.368 e. The van der Waals surface area contributed by atoms with Crippen LogP contribution in [-0.4, -0.2) is 43.7 Å². The fourth-order valence-electron chi connectivity index (χ4n) is 2.99. The summed E-state index contributed by atoms with van der Waals surface area (Å²) in [7, 11) is 0. The molecular weight excluding hydrogens is 348 g/mol. The molecule has 2 aromatic rings. The largest absolute Gasteiger partial charge is 0.368 e. The fourth-order valence-corrected chi connectivity index (χ4v) is 3.12. The lowest BCUT2D eigenvalue weighted by molar-refractivity contribution is 0.194. The van der Waals surface area contributed by atoms with Gasteiger partial charge in [0.1, 0.15) is 0 Å². The molecule has 5 nitrogen and oxygen atoms in total. The molecule has 1 heterocycles. The summed E-state index contributed by atoms with van der Waals surface area (Å²) in [6, 6.07) is 17.4. The van der Waals surface area contributed by atoms with Crippen LogP contribution in [0.2, 0.25) is 5.02 Å². The Balaban J connectivity index is 1.43. The van der Waals surface area contributed by atoms with Gasteiger partial charge in [-0.2, -0.15) is 5.26 Å². The zero-order valence-electron chi connectivity index (χ0n) is 14.5. The number of rotatable bonds is 4. The maximum atomic E-state index is 12.3. The van der Waals surface area contributed by atoms with E-state index in [1.165, 1.54) is 0 Å². The second kappa shape index (κ2) is 8.59. The third-order valence-corrected chi connectivity index (χ3v) is 4.78. The van der Waals surface area contributed by atoms with E-state index in [0.717, 1.165) is 35.8 Å². The number of amides is 2. The van der Waals surface area contributed by atoms with E-state index in [0.29, 0.717) is 25.2 Å². The van der Waals surface area contributed by atoms with Crippen LogP contribution in [0.1, 0.15) is 11.1 Å². The number of halogens is 1. The first-order valence-corrected chi connectivity index (χ1v) is 9.06. The average Bonchev–Trinajstić information content (AvgIpc) is 2.69. The average molecular weight is 369 g/mol. The van der Waals surface area contributed by atoms with E-state index in [9.17, 15) is 4.79 Å². The molecule has 0 atom stereocenters. The van der Waals surface area contributed by atoms with E-state index < -0.39 is 0 Å². The van der Waals surface area contributed by atoms with Crippen molar-refractivity contribution in [3.63, 3.8) is 0 Å². The topological polar surface area (TPSA) is 59.4 Å². The second-order valence-electron chi connectivity index (χ2n) is 6.24. The highest BCUT2D eigenvalue weighted by Gasteiger charge is 2.20. The lowest BCUT2D eigenvalue weighted by Gasteiger charge is -2.36.